The van der Waals surface area contributed by atoms with Crippen LogP contribution in [0.1, 0.15) is 38.8 Å². The molecular weight excluding hydrogens is 689 g/mol. The summed E-state index contributed by atoms with van der Waals surface area (Å²) in [6, 6.07) is 66.9. The predicted octanol–water partition coefficient (Wildman–Crippen LogP) is 16.0. The summed E-state index contributed by atoms with van der Waals surface area (Å²) in [6.45, 7) is 8.33. The maximum absolute atomic E-state index is 2.47. The highest BCUT2D eigenvalue weighted by molar-refractivity contribution is 6.32. The van der Waals surface area contributed by atoms with Gasteiger partial charge in [0.2, 0.25) is 0 Å². The number of hydrogen-bond donors (Lipinski definition) is 0. The van der Waals surface area contributed by atoms with E-state index < -0.39 is 0 Å². The lowest BCUT2D eigenvalue weighted by Crippen LogP contribution is -2.10. The first-order valence-corrected chi connectivity index (χ1v) is 20.3. The summed E-state index contributed by atoms with van der Waals surface area (Å²) < 4.78 is 2.47. The van der Waals surface area contributed by atoms with Crippen molar-refractivity contribution in [3.05, 3.63) is 199 Å². The summed E-state index contributed by atoms with van der Waals surface area (Å²) in [5, 5.41) is 10.1. The van der Waals surface area contributed by atoms with Gasteiger partial charge in [-0.1, -0.05) is 160 Å². The van der Waals surface area contributed by atoms with Gasteiger partial charge in [-0.25, -0.2) is 0 Å². The van der Waals surface area contributed by atoms with E-state index in [0.717, 1.165) is 29.2 Å². The fourth-order valence-corrected chi connectivity index (χ4v) is 8.74. The second kappa shape index (κ2) is 15.3. The van der Waals surface area contributed by atoms with Crippen LogP contribution in [0.5, 0.6) is 0 Å². The molecule has 10 aromatic rings. The highest BCUT2D eigenvalue weighted by Crippen LogP contribution is 2.45. The maximum Gasteiger partial charge on any atom is 0.0625 e. The molecule has 0 bridgehead atoms. The van der Waals surface area contributed by atoms with Gasteiger partial charge in [0, 0.05) is 38.9 Å². The SMILES string of the molecule is C/C=C\c1cc(N(c2ccc(-c3cccc4ccccc34)cc2)c2ccc3c(c2)c2c4ccccc4c4ccccc4c2n3-c2ccccc2)ccc1CC.CC. The Morgan fingerprint density at radius 3 is 1.84 bits per heavy atom. The van der Waals surface area contributed by atoms with Crippen molar-refractivity contribution in [1.82, 2.24) is 4.57 Å². The predicted molar refractivity (Wildman–Crippen MR) is 249 cm³/mol. The number of benzene rings is 9. The molecule has 2 nitrogen and oxygen atoms in total. The van der Waals surface area contributed by atoms with E-state index in [-0.39, 0.29) is 0 Å². The number of allylic oxidation sites excluding steroid dienone is 1. The number of nitrogens with zero attached hydrogens (tertiary/aromatic N) is 2. The average Bonchev–Trinajstić information content (AvgIpc) is 3.63. The van der Waals surface area contributed by atoms with Gasteiger partial charge in [0.05, 0.1) is 11.0 Å². The van der Waals surface area contributed by atoms with Gasteiger partial charge < -0.3 is 9.47 Å². The number of fused-ring (bicyclic) bond motifs is 9. The molecule has 0 saturated carbocycles. The molecule has 10 rings (SSSR count). The zero-order valence-electron chi connectivity index (χ0n) is 33.1. The molecule has 0 aliphatic rings. The van der Waals surface area contributed by atoms with Crippen molar-refractivity contribution in [2.75, 3.05) is 4.90 Å². The van der Waals surface area contributed by atoms with Gasteiger partial charge in [-0.05, 0) is 117 Å². The first-order chi connectivity index (χ1) is 28.2. The highest BCUT2D eigenvalue weighted by atomic mass is 15.1. The summed E-state index contributed by atoms with van der Waals surface area (Å²) >= 11 is 0. The van der Waals surface area contributed by atoms with Gasteiger partial charge in [0.15, 0.2) is 0 Å². The van der Waals surface area contributed by atoms with Crippen LogP contribution in [-0.4, -0.2) is 4.57 Å². The van der Waals surface area contributed by atoms with Crippen molar-refractivity contribution in [2.24, 2.45) is 0 Å². The Hall–Kier alpha value is -6.90. The number of aryl methyl sites for hydroxylation is 1. The minimum absolute atomic E-state index is 0.978. The van der Waals surface area contributed by atoms with E-state index in [2.05, 4.69) is 217 Å². The van der Waals surface area contributed by atoms with Crippen LogP contribution in [0.2, 0.25) is 0 Å². The van der Waals surface area contributed by atoms with E-state index in [1.807, 2.05) is 13.8 Å². The van der Waals surface area contributed by atoms with Crippen LogP contribution in [0, 0.1) is 0 Å². The lowest BCUT2D eigenvalue weighted by molar-refractivity contribution is 1.13. The van der Waals surface area contributed by atoms with E-state index in [1.54, 1.807) is 0 Å². The Morgan fingerprint density at radius 1 is 0.509 bits per heavy atom. The molecule has 1 heterocycles. The highest BCUT2D eigenvalue weighted by Gasteiger charge is 2.22. The summed E-state index contributed by atoms with van der Waals surface area (Å²) in [5.74, 6) is 0. The van der Waals surface area contributed by atoms with Gasteiger partial charge in [0.1, 0.15) is 0 Å². The molecule has 0 amide bonds. The minimum Gasteiger partial charge on any atom is -0.310 e. The first-order valence-electron chi connectivity index (χ1n) is 20.3. The van der Waals surface area contributed by atoms with Crippen molar-refractivity contribution in [3.8, 4) is 16.8 Å². The Bertz CT molecular complexity index is 3070. The third-order valence-electron chi connectivity index (χ3n) is 11.2. The fourth-order valence-electron chi connectivity index (χ4n) is 8.74. The molecular formula is C55H46N2. The topological polar surface area (TPSA) is 8.17 Å². The van der Waals surface area contributed by atoms with Gasteiger partial charge in [0.25, 0.3) is 0 Å². The number of para-hydroxylation sites is 1. The van der Waals surface area contributed by atoms with Crippen LogP contribution in [0.4, 0.5) is 17.1 Å². The van der Waals surface area contributed by atoms with Crippen molar-refractivity contribution >= 4 is 77.3 Å². The molecule has 0 N–H and O–H groups in total. The lowest BCUT2D eigenvalue weighted by Gasteiger charge is -2.27. The summed E-state index contributed by atoms with van der Waals surface area (Å²) in [6.07, 6.45) is 5.35. The molecule has 2 heteroatoms. The van der Waals surface area contributed by atoms with Gasteiger partial charge >= 0.3 is 0 Å². The third-order valence-corrected chi connectivity index (χ3v) is 11.2. The Kier molecular flexibility index (Phi) is 9.62. The number of hydrogen-bond acceptors (Lipinski definition) is 1. The average molecular weight is 735 g/mol. The quantitative estimate of drug-likeness (QED) is 0.148. The van der Waals surface area contributed by atoms with Gasteiger partial charge in [-0.15, -0.1) is 0 Å². The zero-order chi connectivity index (χ0) is 38.9. The molecule has 57 heavy (non-hydrogen) atoms. The molecule has 0 unspecified atom stereocenters. The van der Waals surface area contributed by atoms with Crippen molar-refractivity contribution < 1.29 is 0 Å². The van der Waals surface area contributed by atoms with E-state index in [9.17, 15) is 0 Å². The summed E-state index contributed by atoms with van der Waals surface area (Å²) in [5.41, 5.74) is 12.0. The number of anilines is 3. The van der Waals surface area contributed by atoms with E-state index in [4.69, 9.17) is 0 Å². The van der Waals surface area contributed by atoms with E-state index in [1.165, 1.54) is 76.4 Å². The Labute approximate surface area is 335 Å². The van der Waals surface area contributed by atoms with Crippen molar-refractivity contribution in [1.29, 1.82) is 0 Å². The molecule has 0 spiro atoms. The van der Waals surface area contributed by atoms with Crippen LogP contribution in [0.25, 0.3) is 77.0 Å². The monoisotopic (exact) mass is 734 g/mol. The van der Waals surface area contributed by atoms with Crippen molar-refractivity contribution in [3.63, 3.8) is 0 Å². The molecule has 0 fully saturated rings. The van der Waals surface area contributed by atoms with Crippen LogP contribution in [-0.2, 0) is 6.42 Å². The molecule has 0 aliphatic heterocycles. The molecule has 9 aromatic carbocycles. The lowest BCUT2D eigenvalue weighted by atomic mass is 9.96. The normalized spacial score (nSPS) is 11.5. The molecule has 0 atom stereocenters. The van der Waals surface area contributed by atoms with Gasteiger partial charge in [-0.3, -0.25) is 0 Å². The van der Waals surface area contributed by atoms with E-state index >= 15 is 0 Å². The first kappa shape index (κ1) is 35.8. The maximum atomic E-state index is 2.47. The second-order valence-corrected chi connectivity index (χ2v) is 14.3. The van der Waals surface area contributed by atoms with Crippen LogP contribution in [0.3, 0.4) is 0 Å². The number of aromatic nitrogens is 1. The fraction of sp³-hybridized carbons (Fsp3) is 0.0909. The minimum atomic E-state index is 0.978. The Balaban J connectivity index is 0.00000208. The standard InChI is InChI=1S/C53H40N2.C2H6/c1-3-15-39-34-42(31-26-36(39)4-2)54(41-29-27-38(28-30-41)45-25-14-17-37-16-8-9-20-44(37)45)43-32-33-51-50(35-43)52-48-23-12-10-21-46(48)47-22-11-13-24-49(47)53(52)55(51)40-18-6-5-7-19-40;1-2/h3,5-35H,4H2,1-2H3;1-2H3/b15-3-;. The molecule has 276 valence electrons. The molecule has 0 aliphatic carbocycles. The molecule has 1 aromatic heterocycles. The van der Waals surface area contributed by atoms with Gasteiger partial charge in [-0.2, -0.15) is 0 Å². The summed E-state index contributed by atoms with van der Waals surface area (Å²) in [4.78, 5) is 2.42. The zero-order valence-corrected chi connectivity index (χ0v) is 33.1. The van der Waals surface area contributed by atoms with Crippen LogP contribution >= 0.6 is 0 Å². The molecule has 0 radical (unpaired) electrons. The number of rotatable bonds is 7. The van der Waals surface area contributed by atoms with Crippen LogP contribution < -0.4 is 4.90 Å². The van der Waals surface area contributed by atoms with Crippen molar-refractivity contribution in [2.45, 2.75) is 34.1 Å². The largest absolute Gasteiger partial charge is 0.310 e. The smallest absolute Gasteiger partial charge is 0.0625 e. The Morgan fingerprint density at radius 2 is 1.11 bits per heavy atom. The summed E-state index contributed by atoms with van der Waals surface area (Å²) in [7, 11) is 0. The van der Waals surface area contributed by atoms with Crippen LogP contribution in [0.15, 0.2) is 188 Å². The second-order valence-electron chi connectivity index (χ2n) is 14.3. The third kappa shape index (κ3) is 6.15. The van der Waals surface area contributed by atoms with E-state index in [0.29, 0.717) is 0 Å². The molecule has 0 saturated heterocycles.